The Bertz CT molecular complexity index is 658. The molecule has 0 spiro atoms. The van der Waals surface area contributed by atoms with Crippen molar-refractivity contribution in [1.29, 1.82) is 0 Å². The summed E-state index contributed by atoms with van der Waals surface area (Å²) in [5, 5.41) is 8.91. The summed E-state index contributed by atoms with van der Waals surface area (Å²) >= 11 is 0. The second-order valence-electron chi connectivity index (χ2n) is 5.76. The molecule has 0 atom stereocenters. The van der Waals surface area contributed by atoms with Crippen LogP contribution in [0.2, 0.25) is 0 Å². The molecule has 1 N–H and O–H groups in total. The third kappa shape index (κ3) is 6.45. The monoisotopic (exact) mass is 331 g/mol. The Morgan fingerprint density at radius 3 is 2.79 bits per heavy atom. The molecule has 0 aliphatic carbocycles. The van der Waals surface area contributed by atoms with Gasteiger partial charge in [-0.05, 0) is 38.6 Å². The van der Waals surface area contributed by atoms with Crippen molar-refractivity contribution in [2.45, 2.75) is 32.9 Å². The Kier molecular flexibility index (Phi) is 7.50. The highest BCUT2D eigenvalue weighted by Crippen LogP contribution is 2.17. The van der Waals surface area contributed by atoms with E-state index < -0.39 is 11.6 Å². The smallest absolute Gasteiger partial charge is 0.338 e. The van der Waals surface area contributed by atoms with E-state index in [-0.39, 0.29) is 11.3 Å². The quantitative estimate of drug-likeness (QED) is 0.585. The minimum absolute atomic E-state index is 0.0415. The van der Waals surface area contributed by atoms with E-state index in [4.69, 9.17) is 14.3 Å². The number of hydrogen-bond acceptors (Lipinski definition) is 4. The van der Waals surface area contributed by atoms with Gasteiger partial charge in [-0.15, -0.1) is 0 Å². The number of allylic oxidation sites excluding steroid dienone is 1. The molecule has 0 saturated heterocycles. The van der Waals surface area contributed by atoms with Crippen molar-refractivity contribution < 1.29 is 19.1 Å². The number of carbonyl (C=O) groups is 1. The van der Waals surface area contributed by atoms with Crippen LogP contribution in [0.4, 0.5) is 0 Å². The zero-order valence-corrected chi connectivity index (χ0v) is 14.8. The predicted octanol–water partition coefficient (Wildman–Crippen LogP) is 3.18. The van der Waals surface area contributed by atoms with Crippen LogP contribution in [0.1, 0.15) is 32.3 Å². The van der Waals surface area contributed by atoms with Crippen molar-refractivity contribution in [1.82, 2.24) is 4.90 Å². The third-order valence-corrected chi connectivity index (χ3v) is 3.49. The molecule has 1 aromatic heterocycles. The van der Waals surface area contributed by atoms with Gasteiger partial charge in [0.2, 0.25) is 0 Å². The maximum atomic E-state index is 10.9. The second kappa shape index (κ2) is 9.11. The second-order valence-corrected chi connectivity index (χ2v) is 5.76. The number of nitrogens with zero attached hydrogens (tertiary/aromatic N) is 1. The molecule has 0 fully saturated rings. The molecule has 0 aliphatic heterocycles. The lowest BCUT2D eigenvalue weighted by molar-refractivity contribution is -0.130. The van der Waals surface area contributed by atoms with E-state index >= 15 is 0 Å². The molecule has 1 aromatic rings. The summed E-state index contributed by atoms with van der Waals surface area (Å²) in [5.74, 6) is 5.90. The molecule has 1 heterocycles. The zero-order valence-electron chi connectivity index (χ0n) is 14.8. The maximum Gasteiger partial charge on any atom is 0.338 e. The van der Waals surface area contributed by atoms with Crippen LogP contribution < -0.4 is 0 Å². The summed E-state index contributed by atoms with van der Waals surface area (Å²) in [4.78, 5) is 13.0. The predicted molar refractivity (Wildman–Crippen MR) is 94.3 cm³/mol. The van der Waals surface area contributed by atoms with Gasteiger partial charge in [-0.2, -0.15) is 0 Å². The fourth-order valence-electron chi connectivity index (χ4n) is 1.78. The summed E-state index contributed by atoms with van der Waals surface area (Å²) < 4.78 is 10.8. The first-order chi connectivity index (χ1) is 11.3. The van der Waals surface area contributed by atoms with Crippen LogP contribution in [0, 0.1) is 11.8 Å². The van der Waals surface area contributed by atoms with Gasteiger partial charge in [0.25, 0.3) is 0 Å². The van der Waals surface area contributed by atoms with Crippen LogP contribution in [0.5, 0.6) is 0 Å². The molecular formula is C19H25NO4. The van der Waals surface area contributed by atoms with Crippen LogP contribution >= 0.6 is 0 Å². The summed E-state index contributed by atoms with van der Waals surface area (Å²) in [6.45, 7) is 11.5. The van der Waals surface area contributed by atoms with E-state index in [9.17, 15) is 4.79 Å². The lowest BCUT2D eigenvalue weighted by Crippen LogP contribution is -2.22. The van der Waals surface area contributed by atoms with Crippen LogP contribution in [0.25, 0.3) is 5.57 Å². The van der Waals surface area contributed by atoms with Gasteiger partial charge in [0.15, 0.2) is 0 Å². The molecular weight excluding hydrogens is 306 g/mol. The van der Waals surface area contributed by atoms with Crippen molar-refractivity contribution in [2.75, 3.05) is 20.2 Å². The van der Waals surface area contributed by atoms with Gasteiger partial charge in [0.05, 0.1) is 12.1 Å². The van der Waals surface area contributed by atoms with E-state index in [0.29, 0.717) is 18.8 Å². The number of rotatable bonds is 8. The molecule has 0 aromatic carbocycles. The summed E-state index contributed by atoms with van der Waals surface area (Å²) in [6.07, 6.45) is 3.78. The Labute approximate surface area is 143 Å². The lowest BCUT2D eigenvalue weighted by Gasteiger charge is -2.16. The molecule has 5 heteroatoms. The van der Waals surface area contributed by atoms with Crippen molar-refractivity contribution in [2.24, 2.45) is 0 Å². The van der Waals surface area contributed by atoms with Crippen molar-refractivity contribution in [3.05, 3.63) is 42.4 Å². The van der Waals surface area contributed by atoms with Gasteiger partial charge in [-0.25, -0.2) is 4.79 Å². The van der Waals surface area contributed by atoms with Crippen LogP contribution in [-0.4, -0.2) is 41.8 Å². The summed E-state index contributed by atoms with van der Waals surface area (Å²) in [5.41, 5.74) is -0.494. The molecule has 0 saturated carbocycles. The number of likely N-dealkylation sites (N-methyl/N-ethyl adjacent to an activating group) is 1. The highest BCUT2D eigenvalue weighted by atomic mass is 16.5. The average molecular weight is 331 g/mol. The first kappa shape index (κ1) is 19.8. The van der Waals surface area contributed by atoms with E-state index in [1.165, 1.54) is 0 Å². The SMILES string of the molecule is C=C(C(=O)O)c1ccc(CN(CC)CC=CC#CC(C)(C)OC)o1. The lowest BCUT2D eigenvalue weighted by atomic mass is 10.1. The molecule has 0 radical (unpaired) electrons. The van der Waals surface area contributed by atoms with Crippen molar-refractivity contribution >= 4 is 11.5 Å². The van der Waals surface area contributed by atoms with Crippen LogP contribution in [0.15, 0.2) is 35.3 Å². The number of aliphatic carboxylic acids is 1. The Hall–Kier alpha value is -2.29. The van der Waals surface area contributed by atoms with Crippen molar-refractivity contribution in [3.63, 3.8) is 0 Å². The first-order valence-electron chi connectivity index (χ1n) is 7.75. The molecule has 1 rings (SSSR count). The third-order valence-electron chi connectivity index (χ3n) is 3.49. The molecule has 5 nitrogen and oxygen atoms in total. The van der Waals surface area contributed by atoms with Gasteiger partial charge in [0.1, 0.15) is 17.1 Å². The largest absolute Gasteiger partial charge is 0.478 e. The van der Waals surface area contributed by atoms with Crippen molar-refractivity contribution in [3.8, 4) is 11.8 Å². The van der Waals surface area contributed by atoms with Gasteiger partial charge >= 0.3 is 5.97 Å². The molecule has 0 aliphatic rings. The first-order valence-corrected chi connectivity index (χ1v) is 7.75. The zero-order chi connectivity index (χ0) is 18.2. The van der Waals surface area contributed by atoms with E-state index in [2.05, 4.69) is 23.3 Å². The highest BCUT2D eigenvalue weighted by molar-refractivity contribution is 6.13. The maximum absolute atomic E-state index is 10.9. The van der Waals surface area contributed by atoms with Crippen LogP contribution in [0.3, 0.4) is 0 Å². The number of ether oxygens (including phenoxy) is 1. The minimum atomic E-state index is -1.08. The normalized spacial score (nSPS) is 11.5. The number of carboxylic acid groups (broad SMARTS) is 1. The number of hydrogen-bond donors (Lipinski definition) is 1. The van der Waals surface area contributed by atoms with Crippen LogP contribution in [-0.2, 0) is 16.1 Å². The summed E-state index contributed by atoms with van der Waals surface area (Å²) in [6, 6.07) is 3.41. The fraction of sp³-hybridized carbons (Fsp3) is 0.421. The topological polar surface area (TPSA) is 62.9 Å². The van der Waals surface area contributed by atoms with E-state index in [0.717, 1.165) is 6.54 Å². The standard InChI is InChI=1S/C19H25NO4/c1-6-20(13-9-7-8-12-19(3,4)23-5)14-16-10-11-17(24-16)15(2)18(21)22/h7,9-11H,2,6,13-14H2,1,3-5H3,(H,21,22). The number of methoxy groups -OCH3 is 1. The minimum Gasteiger partial charge on any atom is -0.478 e. The number of furan rings is 1. The molecule has 0 unspecified atom stereocenters. The fourth-order valence-corrected chi connectivity index (χ4v) is 1.78. The van der Waals surface area contributed by atoms with Gasteiger partial charge in [-0.1, -0.05) is 31.4 Å². The Balaban J connectivity index is 2.59. The van der Waals surface area contributed by atoms with Gasteiger partial charge < -0.3 is 14.3 Å². The highest BCUT2D eigenvalue weighted by Gasteiger charge is 2.13. The Morgan fingerprint density at radius 1 is 1.50 bits per heavy atom. The molecule has 0 amide bonds. The van der Waals surface area contributed by atoms with Gasteiger partial charge in [0, 0.05) is 13.7 Å². The average Bonchev–Trinajstić information content (AvgIpc) is 3.00. The Morgan fingerprint density at radius 2 is 2.21 bits per heavy atom. The molecule has 24 heavy (non-hydrogen) atoms. The summed E-state index contributed by atoms with van der Waals surface area (Å²) in [7, 11) is 1.63. The number of carboxylic acids is 1. The molecule has 0 bridgehead atoms. The van der Waals surface area contributed by atoms with Gasteiger partial charge in [-0.3, -0.25) is 4.90 Å². The molecule has 130 valence electrons. The van der Waals surface area contributed by atoms with E-state index in [1.807, 2.05) is 32.9 Å². The van der Waals surface area contributed by atoms with E-state index in [1.54, 1.807) is 19.2 Å².